The Bertz CT molecular complexity index is 1410. The number of ether oxygens (including phenoxy) is 2. The van der Waals surface area contributed by atoms with Crippen LogP contribution in [0, 0.1) is 0 Å². The molecule has 0 radical (unpaired) electrons. The van der Waals surface area contributed by atoms with E-state index in [1.54, 1.807) is 12.1 Å². The number of fused-ring (bicyclic) bond motifs is 3. The number of carbonyl (C=O) groups excluding carboxylic acids is 3. The molecule has 9 heteroatoms. The largest absolute Gasteiger partial charge is 0.459 e. The minimum Gasteiger partial charge on any atom is -0.459 e. The first-order valence-corrected chi connectivity index (χ1v) is 13.7. The summed E-state index contributed by atoms with van der Waals surface area (Å²) in [5, 5.41) is 1.72. The number of amides is 1. The molecule has 1 saturated heterocycles. The van der Waals surface area contributed by atoms with Gasteiger partial charge in [0.2, 0.25) is 5.91 Å². The van der Waals surface area contributed by atoms with E-state index < -0.39 is 17.6 Å². The van der Waals surface area contributed by atoms with Crippen molar-refractivity contribution in [1.29, 1.82) is 0 Å². The van der Waals surface area contributed by atoms with Crippen molar-refractivity contribution in [2.75, 3.05) is 19.6 Å². The van der Waals surface area contributed by atoms with Crippen LogP contribution in [0.3, 0.4) is 0 Å². The fraction of sp³-hybridized carbons (Fsp3) is 0.433. The number of carbonyl (C=O) groups is 3. The second kappa shape index (κ2) is 10.7. The predicted molar refractivity (Wildman–Crippen MR) is 149 cm³/mol. The van der Waals surface area contributed by atoms with Crippen LogP contribution in [0.2, 0.25) is 5.02 Å². The highest BCUT2D eigenvalue weighted by Gasteiger charge is 2.41. The maximum Gasteiger partial charge on any atom is 0.320 e. The zero-order valence-corrected chi connectivity index (χ0v) is 23.5. The number of nitrogens with one attached hydrogen (secondary N) is 1. The molecule has 1 N–H and O–H groups in total. The molecule has 5 rings (SSSR count). The third-order valence-corrected chi connectivity index (χ3v) is 7.47. The Kier molecular flexibility index (Phi) is 7.44. The van der Waals surface area contributed by atoms with E-state index in [2.05, 4.69) is 4.98 Å². The number of aromatic amines is 1. The summed E-state index contributed by atoms with van der Waals surface area (Å²) >= 11 is 6.33. The number of rotatable bonds is 5. The molecular weight excluding hydrogens is 518 g/mol. The quantitative estimate of drug-likeness (QED) is 0.353. The van der Waals surface area contributed by atoms with Crippen LogP contribution in [-0.4, -0.2) is 63.9 Å². The van der Waals surface area contributed by atoms with Gasteiger partial charge < -0.3 is 19.4 Å². The summed E-state index contributed by atoms with van der Waals surface area (Å²) in [5.41, 5.74) is 3.37. The molecule has 2 aliphatic heterocycles. The number of nitrogens with zero attached hydrogens (tertiary/aromatic N) is 2. The summed E-state index contributed by atoms with van der Waals surface area (Å²) in [7, 11) is 0. The van der Waals surface area contributed by atoms with E-state index in [0.717, 1.165) is 34.1 Å². The zero-order valence-electron chi connectivity index (χ0n) is 22.8. The molecule has 1 fully saturated rings. The number of likely N-dealkylation sites (tertiary alicyclic amines) is 1. The molecule has 206 valence electrons. The topological polar surface area (TPSA) is 91.9 Å². The Morgan fingerprint density at radius 1 is 1.08 bits per heavy atom. The summed E-state index contributed by atoms with van der Waals surface area (Å²) in [6.07, 6.45) is 2.21. The van der Waals surface area contributed by atoms with Gasteiger partial charge in [0.25, 0.3) is 0 Å². The van der Waals surface area contributed by atoms with Gasteiger partial charge >= 0.3 is 11.9 Å². The molecule has 0 aliphatic carbocycles. The van der Waals surface area contributed by atoms with E-state index in [4.69, 9.17) is 21.1 Å². The summed E-state index contributed by atoms with van der Waals surface area (Å²) < 4.78 is 10.8. The van der Waals surface area contributed by atoms with Gasteiger partial charge in [-0.25, -0.2) is 0 Å². The SMILES string of the molecule is CC(=O)Oc1ccc(C2c3[nH]c4ccc(Cl)cc4c3CCN2C(=O)C2CCCN2CC(=O)OC(C)(C)C)cc1. The average molecular weight is 552 g/mol. The molecular formula is C30H34ClN3O5. The molecule has 1 amide bonds. The molecule has 3 heterocycles. The minimum absolute atomic E-state index is 0.00698. The van der Waals surface area contributed by atoms with Crippen molar-refractivity contribution in [2.45, 2.75) is 64.6 Å². The van der Waals surface area contributed by atoms with Gasteiger partial charge in [-0.1, -0.05) is 23.7 Å². The lowest BCUT2D eigenvalue weighted by Gasteiger charge is -2.39. The lowest BCUT2D eigenvalue weighted by molar-refractivity contribution is -0.157. The summed E-state index contributed by atoms with van der Waals surface area (Å²) in [5.74, 6) is -0.276. The van der Waals surface area contributed by atoms with E-state index >= 15 is 0 Å². The third-order valence-electron chi connectivity index (χ3n) is 7.23. The van der Waals surface area contributed by atoms with Crippen LogP contribution in [0.15, 0.2) is 42.5 Å². The standard InChI is InChI=1S/C30H34ClN3O5/c1-18(35)38-21-10-7-19(8-11-21)28-27-22(23-16-20(31)9-12-24(23)32-27)13-15-34(28)29(37)25-6-5-14-33(25)17-26(36)39-30(2,3)4/h7-12,16,25,28,32H,5-6,13-15,17H2,1-4H3. The van der Waals surface area contributed by atoms with E-state index in [0.29, 0.717) is 36.7 Å². The Hall–Kier alpha value is -3.36. The first-order chi connectivity index (χ1) is 18.5. The summed E-state index contributed by atoms with van der Waals surface area (Å²) in [6, 6.07) is 12.3. The first-order valence-electron chi connectivity index (χ1n) is 13.3. The van der Waals surface area contributed by atoms with Crippen molar-refractivity contribution in [3.05, 3.63) is 64.3 Å². The van der Waals surface area contributed by atoms with E-state index in [9.17, 15) is 14.4 Å². The highest BCUT2D eigenvalue weighted by Crippen LogP contribution is 2.40. The molecule has 39 heavy (non-hydrogen) atoms. The lowest BCUT2D eigenvalue weighted by Crippen LogP contribution is -2.50. The zero-order chi connectivity index (χ0) is 27.9. The van der Waals surface area contributed by atoms with Crippen LogP contribution in [0.25, 0.3) is 10.9 Å². The van der Waals surface area contributed by atoms with Crippen molar-refractivity contribution in [1.82, 2.24) is 14.8 Å². The van der Waals surface area contributed by atoms with Crippen LogP contribution in [0.5, 0.6) is 5.75 Å². The van der Waals surface area contributed by atoms with E-state index in [1.165, 1.54) is 6.92 Å². The smallest absolute Gasteiger partial charge is 0.320 e. The van der Waals surface area contributed by atoms with Gasteiger partial charge in [0.15, 0.2) is 0 Å². The van der Waals surface area contributed by atoms with Crippen LogP contribution in [0.1, 0.15) is 63.4 Å². The minimum atomic E-state index is -0.582. The van der Waals surface area contributed by atoms with E-state index in [1.807, 2.05) is 60.9 Å². The van der Waals surface area contributed by atoms with Crippen LogP contribution in [-0.2, 0) is 25.5 Å². The molecule has 3 aromatic rings. The second-order valence-corrected chi connectivity index (χ2v) is 11.7. The summed E-state index contributed by atoms with van der Waals surface area (Å²) in [6.45, 7) is 8.16. The molecule has 0 bridgehead atoms. The number of aromatic nitrogens is 1. The number of H-pyrrole nitrogens is 1. The lowest BCUT2D eigenvalue weighted by atomic mass is 9.91. The number of hydrogen-bond donors (Lipinski definition) is 1. The van der Waals surface area contributed by atoms with E-state index in [-0.39, 0.29) is 24.5 Å². The molecule has 1 aromatic heterocycles. The van der Waals surface area contributed by atoms with Gasteiger partial charge in [-0.2, -0.15) is 0 Å². The molecule has 2 unspecified atom stereocenters. The van der Waals surface area contributed by atoms with Crippen molar-refractivity contribution in [2.24, 2.45) is 0 Å². The van der Waals surface area contributed by atoms with Crippen molar-refractivity contribution in [3.8, 4) is 5.75 Å². The Morgan fingerprint density at radius 2 is 1.82 bits per heavy atom. The molecule has 2 aliphatic rings. The van der Waals surface area contributed by atoms with Crippen molar-refractivity contribution < 1.29 is 23.9 Å². The number of halogens is 1. The molecule has 0 spiro atoms. The highest BCUT2D eigenvalue weighted by molar-refractivity contribution is 6.31. The highest BCUT2D eigenvalue weighted by atomic mass is 35.5. The van der Waals surface area contributed by atoms with Crippen LogP contribution in [0.4, 0.5) is 0 Å². The van der Waals surface area contributed by atoms with Gasteiger partial charge in [0, 0.05) is 35.1 Å². The van der Waals surface area contributed by atoms with Crippen molar-refractivity contribution in [3.63, 3.8) is 0 Å². The first kappa shape index (κ1) is 27.2. The number of esters is 2. The van der Waals surface area contributed by atoms with Gasteiger partial charge in [-0.15, -0.1) is 0 Å². The van der Waals surface area contributed by atoms with Gasteiger partial charge in [-0.3, -0.25) is 19.3 Å². The Balaban J connectivity index is 1.49. The Labute approximate surface area is 233 Å². The maximum atomic E-state index is 14.2. The fourth-order valence-electron chi connectivity index (χ4n) is 5.75. The second-order valence-electron chi connectivity index (χ2n) is 11.3. The maximum absolute atomic E-state index is 14.2. The van der Waals surface area contributed by atoms with Gasteiger partial charge in [0.05, 0.1) is 18.6 Å². The number of benzene rings is 2. The molecule has 2 aromatic carbocycles. The average Bonchev–Trinajstić information content (AvgIpc) is 3.46. The monoisotopic (exact) mass is 551 g/mol. The van der Waals surface area contributed by atoms with Crippen LogP contribution >= 0.6 is 11.6 Å². The third kappa shape index (κ3) is 5.82. The van der Waals surface area contributed by atoms with Gasteiger partial charge in [0.1, 0.15) is 11.4 Å². The summed E-state index contributed by atoms with van der Waals surface area (Å²) in [4.78, 5) is 45.6. The Morgan fingerprint density at radius 3 is 2.51 bits per heavy atom. The molecule has 8 nitrogen and oxygen atoms in total. The molecule has 0 saturated carbocycles. The number of hydrogen-bond acceptors (Lipinski definition) is 6. The predicted octanol–water partition coefficient (Wildman–Crippen LogP) is 5.03. The van der Waals surface area contributed by atoms with Gasteiger partial charge in [-0.05, 0) is 88.0 Å². The van der Waals surface area contributed by atoms with Crippen LogP contribution < -0.4 is 4.74 Å². The molecule has 2 atom stereocenters. The van der Waals surface area contributed by atoms with Crippen molar-refractivity contribution >= 4 is 40.3 Å². The fourth-order valence-corrected chi connectivity index (χ4v) is 5.93. The normalized spacial score (nSPS) is 19.7.